The number of aryl methyl sites for hydroxylation is 1. The molecule has 7 heteroatoms. The van der Waals surface area contributed by atoms with Crippen molar-refractivity contribution in [2.45, 2.75) is 84.6 Å². The molecular formula is C25H42N4O2S. The van der Waals surface area contributed by atoms with Crippen molar-refractivity contribution >= 4 is 28.8 Å². The molecule has 0 radical (unpaired) electrons. The van der Waals surface area contributed by atoms with Gasteiger partial charge in [-0.25, -0.2) is 9.97 Å². The van der Waals surface area contributed by atoms with Gasteiger partial charge in [0.05, 0.1) is 23.2 Å². The van der Waals surface area contributed by atoms with Crippen LogP contribution >= 0.6 is 11.9 Å². The number of hydrogen-bond acceptors (Lipinski definition) is 6. The summed E-state index contributed by atoms with van der Waals surface area (Å²) >= 11 is 1.25. The smallest absolute Gasteiger partial charge is 0.253 e. The van der Waals surface area contributed by atoms with Gasteiger partial charge >= 0.3 is 0 Å². The van der Waals surface area contributed by atoms with Crippen LogP contribution in [0.5, 0.6) is 0 Å². The molecule has 1 amide bonds. The zero-order valence-electron chi connectivity index (χ0n) is 20.5. The lowest BCUT2D eigenvalue weighted by atomic mass is 9.86. The van der Waals surface area contributed by atoms with Crippen molar-refractivity contribution in [2.75, 3.05) is 12.9 Å². The first-order valence-electron chi connectivity index (χ1n) is 11.7. The van der Waals surface area contributed by atoms with Crippen LogP contribution in [0.2, 0.25) is 0 Å². The monoisotopic (exact) mass is 462 g/mol. The molecule has 0 spiro atoms. The number of aromatic nitrogens is 2. The van der Waals surface area contributed by atoms with Gasteiger partial charge in [0.15, 0.2) is 0 Å². The van der Waals surface area contributed by atoms with E-state index in [0.717, 1.165) is 11.3 Å². The molecule has 180 valence electrons. The molecule has 0 saturated heterocycles. The highest BCUT2D eigenvalue weighted by molar-refractivity contribution is 7.96. The molecule has 0 atom stereocenters. The van der Waals surface area contributed by atoms with Crippen LogP contribution in [-0.2, 0) is 0 Å². The van der Waals surface area contributed by atoms with Crippen LogP contribution in [-0.4, -0.2) is 39.4 Å². The van der Waals surface area contributed by atoms with Gasteiger partial charge < -0.3 is 10.4 Å². The lowest BCUT2D eigenvalue weighted by molar-refractivity contribution is 0.0871. The molecule has 1 aromatic carbocycles. The second-order valence-electron chi connectivity index (χ2n) is 9.04. The van der Waals surface area contributed by atoms with E-state index in [9.17, 15) is 9.90 Å². The number of rotatable bonds is 6. The molecule has 0 unspecified atom stereocenters. The van der Waals surface area contributed by atoms with Gasteiger partial charge in [-0.1, -0.05) is 82.4 Å². The molecule has 1 aliphatic rings. The van der Waals surface area contributed by atoms with E-state index >= 15 is 0 Å². The summed E-state index contributed by atoms with van der Waals surface area (Å²) in [4.78, 5) is 20.7. The standard InChI is InChI=1S/C14H17N3O2.C10H20.CH5NS/c1-9-15-7-10-5-4-6-11(12(10)16-9)13(19)17-14(2,3)8-18;1-2-3-7-10-8-5-4-6-9-10;1-3-2/h4-7,18H,8H2,1-3H3,(H,17,19);10H,2-9H2,1H3;2H2,1H3. The van der Waals surface area contributed by atoms with Crippen molar-refractivity contribution < 1.29 is 9.90 Å². The van der Waals surface area contributed by atoms with E-state index in [0.29, 0.717) is 16.9 Å². The van der Waals surface area contributed by atoms with Gasteiger partial charge in [0.2, 0.25) is 0 Å². The summed E-state index contributed by atoms with van der Waals surface area (Å²) in [7, 11) is 0. The fraction of sp³-hybridized carbons (Fsp3) is 0.640. The maximum Gasteiger partial charge on any atom is 0.253 e. The highest BCUT2D eigenvalue weighted by atomic mass is 32.2. The van der Waals surface area contributed by atoms with Gasteiger partial charge in [0, 0.05) is 11.6 Å². The molecule has 4 N–H and O–H groups in total. The van der Waals surface area contributed by atoms with Crippen LogP contribution in [0.3, 0.4) is 0 Å². The number of fused-ring (bicyclic) bond motifs is 1. The molecule has 6 nitrogen and oxygen atoms in total. The Balaban J connectivity index is 0.000000330. The third-order valence-corrected chi connectivity index (χ3v) is 5.51. The molecule has 32 heavy (non-hydrogen) atoms. The maximum absolute atomic E-state index is 12.3. The van der Waals surface area contributed by atoms with Crippen LogP contribution < -0.4 is 10.5 Å². The number of carbonyl (C=O) groups is 1. The van der Waals surface area contributed by atoms with Crippen LogP contribution in [0.1, 0.15) is 88.3 Å². The summed E-state index contributed by atoms with van der Waals surface area (Å²) < 4.78 is 0. The Bertz CT molecular complexity index is 808. The van der Waals surface area contributed by atoms with Crippen molar-refractivity contribution in [1.29, 1.82) is 0 Å². The molecule has 1 aromatic heterocycles. The van der Waals surface area contributed by atoms with Crippen molar-refractivity contribution in [2.24, 2.45) is 11.1 Å². The van der Waals surface area contributed by atoms with Crippen LogP contribution in [0.15, 0.2) is 24.4 Å². The van der Waals surface area contributed by atoms with Gasteiger partial charge in [0.25, 0.3) is 5.91 Å². The fourth-order valence-corrected chi connectivity index (χ4v) is 3.71. The number of hydrogen-bond donors (Lipinski definition) is 3. The normalized spacial score (nSPS) is 14.1. The minimum Gasteiger partial charge on any atom is -0.394 e. The molecule has 1 saturated carbocycles. The Morgan fingerprint density at radius 1 is 1.28 bits per heavy atom. The Morgan fingerprint density at radius 3 is 2.53 bits per heavy atom. The topological polar surface area (TPSA) is 101 Å². The van der Waals surface area contributed by atoms with Crippen molar-refractivity contribution in [3.8, 4) is 0 Å². The Morgan fingerprint density at radius 2 is 1.94 bits per heavy atom. The molecule has 1 fully saturated rings. The molecule has 1 aliphatic carbocycles. The fourth-order valence-electron chi connectivity index (χ4n) is 3.71. The second kappa shape index (κ2) is 15.2. The van der Waals surface area contributed by atoms with Crippen LogP contribution in [0.4, 0.5) is 0 Å². The predicted octanol–water partition coefficient (Wildman–Crippen LogP) is 5.42. The highest BCUT2D eigenvalue weighted by Crippen LogP contribution is 2.27. The van der Waals surface area contributed by atoms with E-state index in [1.807, 2.05) is 12.3 Å². The Kier molecular flexibility index (Phi) is 13.5. The first-order valence-corrected chi connectivity index (χ1v) is 12.9. The molecule has 1 heterocycles. The van der Waals surface area contributed by atoms with Crippen molar-refractivity contribution in [3.63, 3.8) is 0 Å². The van der Waals surface area contributed by atoms with Gasteiger partial charge in [-0.15, -0.1) is 0 Å². The highest BCUT2D eigenvalue weighted by Gasteiger charge is 2.21. The molecule has 0 aliphatic heterocycles. The van der Waals surface area contributed by atoms with Gasteiger partial charge in [-0.3, -0.25) is 9.93 Å². The summed E-state index contributed by atoms with van der Waals surface area (Å²) in [5, 5.41) is 17.6. The predicted molar refractivity (Wildman–Crippen MR) is 137 cm³/mol. The lowest BCUT2D eigenvalue weighted by Gasteiger charge is -2.23. The second-order valence-corrected chi connectivity index (χ2v) is 9.51. The summed E-state index contributed by atoms with van der Waals surface area (Å²) in [5.41, 5.74) is 0.451. The van der Waals surface area contributed by atoms with Crippen LogP contribution in [0, 0.1) is 12.8 Å². The van der Waals surface area contributed by atoms with E-state index in [-0.39, 0.29) is 12.5 Å². The van der Waals surface area contributed by atoms with Crippen molar-refractivity contribution in [3.05, 3.63) is 35.8 Å². The quantitative estimate of drug-likeness (QED) is 0.496. The van der Waals surface area contributed by atoms with E-state index < -0.39 is 5.54 Å². The molecule has 3 rings (SSSR count). The summed E-state index contributed by atoms with van der Waals surface area (Å²) in [6.07, 6.45) is 15.5. The zero-order chi connectivity index (χ0) is 24.0. The van der Waals surface area contributed by atoms with Crippen molar-refractivity contribution in [1.82, 2.24) is 15.3 Å². The third-order valence-electron chi connectivity index (χ3n) is 5.51. The van der Waals surface area contributed by atoms with E-state index in [1.165, 1.54) is 63.3 Å². The van der Waals surface area contributed by atoms with E-state index in [2.05, 4.69) is 22.2 Å². The van der Waals surface area contributed by atoms with Crippen LogP contribution in [0.25, 0.3) is 10.9 Å². The molecule has 2 aromatic rings. The summed E-state index contributed by atoms with van der Waals surface area (Å²) in [5.74, 6) is 1.48. The van der Waals surface area contributed by atoms with Gasteiger partial charge in [-0.05, 0) is 39.0 Å². The SMILES string of the molecule is CCCCC1CCCCC1.CSN.Cc1ncc2cccc(C(=O)NC(C)(C)CO)c2n1. The van der Waals surface area contributed by atoms with E-state index in [4.69, 9.17) is 5.14 Å². The lowest BCUT2D eigenvalue weighted by Crippen LogP contribution is -2.46. The molecular weight excluding hydrogens is 420 g/mol. The van der Waals surface area contributed by atoms with Gasteiger partial charge in [-0.2, -0.15) is 0 Å². The number of benzene rings is 1. The summed E-state index contributed by atoms with van der Waals surface area (Å²) in [6, 6.07) is 5.38. The number of carbonyl (C=O) groups excluding carboxylic acids is 1. The number of amides is 1. The number of aliphatic hydroxyl groups excluding tert-OH is 1. The third kappa shape index (κ3) is 10.3. The summed E-state index contributed by atoms with van der Waals surface area (Å²) in [6.45, 7) is 7.47. The van der Waals surface area contributed by atoms with E-state index in [1.54, 1.807) is 39.1 Å². The number of nitrogens with zero attached hydrogens (tertiary/aromatic N) is 2. The largest absolute Gasteiger partial charge is 0.394 e. The van der Waals surface area contributed by atoms with Gasteiger partial charge in [0.1, 0.15) is 5.82 Å². The maximum atomic E-state index is 12.3. The number of aliphatic hydroxyl groups is 1. The average molecular weight is 463 g/mol. The Hall–Kier alpha value is -1.70. The number of para-hydroxylation sites is 1. The number of nitrogens with one attached hydrogen (secondary N) is 1. The first kappa shape index (κ1) is 28.3. The minimum absolute atomic E-state index is 0.127. The number of unbranched alkanes of at least 4 members (excludes halogenated alkanes) is 1. The molecule has 0 bridgehead atoms. The zero-order valence-corrected chi connectivity index (χ0v) is 21.3. The average Bonchev–Trinajstić information content (AvgIpc) is 2.78. The first-order chi connectivity index (χ1) is 15.3. The Labute approximate surface area is 198 Å². The number of nitrogens with two attached hydrogens (primary N) is 1. The minimum atomic E-state index is -0.665.